The van der Waals surface area contributed by atoms with Crippen molar-refractivity contribution in [3.63, 3.8) is 0 Å². The maximum Gasteiger partial charge on any atom is 0.419 e. The lowest BCUT2D eigenvalue weighted by molar-refractivity contribution is -0.332. The van der Waals surface area contributed by atoms with Crippen LogP contribution in [0.2, 0.25) is 0 Å². The molecule has 0 radical (unpaired) electrons. The second kappa shape index (κ2) is 6.20. The van der Waals surface area contributed by atoms with Crippen LogP contribution in [0.4, 0.5) is 13.2 Å². The van der Waals surface area contributed by atoms with Gasteiger partial charge in [0, 0.05) is 31.0 Å². The number of allylic oxidation sites excluding steroid dienone is 1. The molecule has 0 aromatic rings. The summed E-state index contributed by atoms with van der Waals surface area (Å²) in [5, 5.41) is 3.18. The van der Waals surface area contributed by atoms with E-state index in [1.54, 1.807) is 13.8 Å². The average Bonchev–Trinajstić information content (AvgIpc) is 3.26. The SMILES string of the molecule is CCC1(CC2=CN2)CCC(N2CC(OC(C)C)(C(F)(F)F)C2)CC1. The minimum absolute atomic E-state index is 0.00875. The molecule has 0 bridgehead atoms. The van der Waals surface area contributed by atoms with Gasteiger partial charge in [0.05, 0.1) is 6.10 Å². The van der Waals surface area contributed by atoms with Crippen LogP contribution in [0.3, 0.4) is 0 Å². The summed E-state index contributed by atoms with van der Waals surface area (Å²) in [6.45, 7) is 5.56. The molecule has 2 fully saturated rings. The highest BCUT2D eigenvalue weighted by Crippen LogP contribution is 2.49. The molecule has 1 saturated carbocycles. The van der Waals surface area contributed by atoms with Crippen molar-refractivity contribution in [1.29, 1.82) is 0 Å². The molecule has 0 atom stereocenters. The number of nitrogens with zero attached hydrogens (tertiary/aromatic N) is 1. The van der Waals surface area contributed by atoms with Gasteiger partial charge in [0.15, 0.2) is 5.60 Å². The lowest BCUT2D eigenvalue weighted by Crippen LogP contribution is -2.73. The Labute approximate surface area is 142 Å². The molecule has 3 rings (SSSR count). The Morgan fingerprint density at radius 2 is 1.88 bits per heavy atom. The minimum Gasteiger partial charge on any atom is -0.362 e. The number of nitrogens with one attached hydrogen (secondary N) is 1. The maximum absolute atomic E-state index is 13.4. The molecule has 1 saturated heterocycles. The summed E-state index contributed by atoms with van der Waals surface area (Å²) in [7, 11) is 0. The third-order valence-electron chi connectivity index (χ3n) is 6.09. The van der Waals surface area contributed by atoms with E-state index < -0.39 is 17.9 Å². The fourth-order valence-corrected chi connectivity index (χ4v) is 4.43. The van der Waals surface area contributed by atoms with E-state index in [4.69, 9.17) is 4.74 Å². The molecule has 2 heterocycles. The molecule has 0 spiro atoms. The van der Waals surface area contributed by atoms with Crippen LogP contribution in [0.1, 0.15) is 59.3 Å². The topological polar surface area (TPSA) is 34.4 Å². The largest absolute Gasteiger partial charge is 0.419 e. The smallest absolute Gasteiger partial charge is 0.362 e. The van der Waals surface area contributed by atoms with Gasteiger partial charge < -0.3 is 10.1 Å². The Hall–Kier alpha value is -0.750. The zero-order valence-corrected chi connectivity index (χ0v) is 14.9. The predicted octanol–water partition coefficient (Wildman–Crippen LogP) is 4.20. The summed E-state index contributed by atoms with van der Waals surface area (Å²) in [5.74, 6) is 0. The molecular formula is C18H29F3N2O. The lowest BCUT2D eigenvalue weighted by Gasteiger charge is -2.55. The molecule has 0 unspecified atom stereocenters. The molecule has 3 nitrogen and oxygen atoms in total. The van der Waals surface area contributed by atoms with Crippen LogP contribution in [0.15, 0.2) is 11.9 Å². The van der Waals surface area contributed by atoms with Gasteiger partial charge in [-0.05, 0) is 51.4 Å². The van der Waals surface area contributed by atoms with Gasteiger partial charge >= 0.3 is 6.18 Å². The van der Waals surface area contributed by atoms with E-state index in [1.165, 1.54) is 5.70 Å². The van der Waals surface area contributed by atoms with Crippen LogP contribution < -0.4 is 5.32 Å². The second-order valence-electron chi connectivity index (χ2n) is 8.14. The van der Waals surface area contributed by atoms with Gasteiger partial charge in [-0.25, -0.2) is 0 Å². The third kappa shape index (κ3) is 3.45. The van der Waals surface area contributed by atoms with Crippen molar-refractivity contribution in [2.75, 3.05) is 13.1 Å². The fourth-order valence-electron chi connectivity index (χ4n) is 4.43. The van der Waals surface area contributed by atoms with Crippen molar-refractivity contribution in [2.45, 2.75) is 83.2 Å². The monoisotopic (exact) mass is 346 g/mol. The van der Waals surface area contributed by atoms with E-state index in [0.29, 0.717) is 5.41 Å². The summed E-state index contributed by atoms with van der Waals surface area (Å²) < 4.78 is 45.6. The van der Waals surface area contributed by atoms with Crippen LogP contribution in [-0.2, 0) is 4.74 Å². The fraction of sp³-hybridized carbons (Fsp3) is 0.889. The molecule has 24 heavy (non-hydrogen) atoms. The van der Waals surface area contributed by atoms with E-state index in [-0.39, 0.29) is 19.1 Å². The first-order chi connectivity index (χ1) is 11.2. The van der Waals surface area contributed by atoms with Gasteiger partial charge in [0.2, 0.25) is 0 Å². The molecular weight excluding hydrogens is 317 g/mol. The minimum atomic E-state index is -4.29. The van der Waals surface area contributed by atoms with Gasteiger partial charge in [-0.15, -0.1) is 0 Å². The Morgan fingerprint density at radius 1 is 1.29 bits per heavy atom. The van der Waals surface area contributed by atoms with Crippen molar-refractivity contribution in [2.24, 2.45) is 5.41 Å². The van der Waals surface area contributed by atoms with Gasteiger partial charge in [-0.1, -0.05) is 13.3 Å². The highest BCUT2D eigenvalue weighted by atomic mass is 19.4. The van der Waals surface area contributed by atoms with Crippen molar-refractivity contribution in [3.8, 4) is 0 Å². The van der Waals surface area contributed by atoms with Crippen LogP contribution in [-0.4, -0.2) is 41.9 Å². The van der Waals surface area contributed by atoms with Crippen LogP contribution >= 0.6 is 0 Å². The number of halogens is 3. The Bertz CT molecular complexity index is 487. The molecule has 0 amide bonds. The Balaban J connectivity index is 1.55. The molecule has 1 aliphatic carbocycles. The number of ether oxygens (including phenoxy) is 1. The Morgan fingerprint density at radius 3 is 2.29 bits per heavy atom. The quantitative estimate of drug-likeness (QED) is 0.783. The zero-order valence-electron chi connectivity index (χ0n) is 14.9. The molecule has 1 N–H and O–H groups in total. The molecule has 3 aliphatic rings. The maximum atomic E-state index is 13.4. The number of alkyl halides is 3. The summed E-state index contributed by atoms with van der Waals surface area (Å²) >= 11 is 0. The van der Waals surface area contributed by atoms with Crippen LogP contribution in [0.25, 0.3) is 0 Å². The van der Waals surface area contributed by atoms with Gasteiger partial charge in [-0.3, -0.25) is 4.90 Å². The Kier molecular flexibility index (Phi) is 4.67. The van der Waals surface area contributed by atoms with E-state index in [9.17, 15) is 13.2 Å². The first-order valence-electron chi connectivity index (χ1n) is 9.13. The second-order valence-corrected chi connectivity index (χ2v) is 8.14. The average molecular weight is 346 g/mol. The van der Waals surface area contributed by atoms with Crippen molar-refractivity contribution >= 4 is 0 Å². The standard InChI is InChI=1S/C18H29F3N2O/c1-4-16(9-14-10-22-14)7-5-15(6-8-16)23-11-17(12-23,18(19,20)21)24-13(2)3/h10,13,15,22H,4-9,11-12H2,1-3H3. The molecule has 138 valence electrons. The summed E-state index contributed by atoms with van der Waals surface area (Å²) in [6.07, 6.45) is 3.79. The molecule has 6 heteroatoms. The number of hydrogen-bond acceptors (Lipinski definition) is 3. The number of rotatable bonds is 6. The summed E-state index contributed by atoms with van der Waals surface area (Å²) in [5.41, 5.74) is -0.282. The van der Waals surface area contributed by atoms with Crippen molar-refractivity contribution in [3.05, 3.63) is 11.9 Å². The van der Waals surface area contributed by atoms with Gasteiger partial charge in [0.1, 0.15) is 0 Å². The van der Waals surface area contributed by atoms with E-state index in [0.717, 1.165) is 38.5 Å². The van der Waals surface area contributed by atoms with E-state index in [2.05, 4.69) is 18.4 Å². The first-order valence-corrected chi connectivity index (χ1v) is 9.13. The van der Waals surface area contributed by atoms with Gasteiger partial charge in [-0.2, -0.15) is 13.2 Å². The number of likely N-dealkylation sites (tertiary alicyclic amines) is 1. The van der Waals surface area contributed by atoms with Crippen LogP contribution in [0.5, 0.6) is 0 Å². The predicted molar refractivity (Wildman–Crippen MR) is 87.4 cm³/mol. The normalized spacial score (nSPS) is 33.0. The molecule has 0 aromatic heterocycles. The summed E-state index contributed by atoms with van der Waals surface area (Å²) in [6, 6.07) is 0.275. The zero-order chi connectivity index (χ0) is 17.6. The molecule has 2 aliphatic heterocycles. The van der Waals surface area contributed by atoms with Crippen molar-refractivity contribution in [1.82, 2.24) is 10.2 Å². The number of hydrogen-bond donors (Lipinski definition) is 1. The molecule has 0 aromatic carbocycles. The van der Waals surface area contributed by atoms with Crippen molar-refractivity contribution < 1.29 is 17.9 Å². The lowest BCUT2D eigenvalue weighted by atomic mass is 9.67. The summed E-state index contributed by atoms with van der Waals surface area (Å²) in [4.78, 5) is 1.99. The third-order valence-corrected chi connectivity index (χ3v) is 6.09. The van der Waals surface area contributed by atoms with Crippen LogP contribution in [0, 0.1) is 5.41 Å². The van der Waals surface area contributed by atoms with E-state index >= 15 is 0 Å². The van der Waals surface area contributed by atoms with Gasteiger partial charge in [0.25, 0.3) is 0 Å². The van der Waals surface area contributed by atoms with E-state index in [1.807, 2.05) is 4.90 Å². The first kappa shape index (κ1) is 18.1. The highest BCUT2D eigenvalue weighted by Gasteiger charge is 2.64. The highest BCUT2D eigenvalue weighted by molar-refractivity contribution is 5.18.